The van der Waals surface area contributed by atoms with Gasteiger partial charge >= 0.3 is 0 Å². The van der Waals surface area contributed by atoms with Crippen molar-refractivity contribution >= 4 is 11.9 Å². The van der Waals surface area contributed by atoms with Gasteiger partial charge in [-0.25, -0.2) is 4.39 Å². The number of likely N-dealkylation sites (tertiary alicyclic amines) is 1. The first kappa shape index (κ1) is 21.9. The molecular weight excluding hydrogens is 399 g/mol. The van der Waals surface area contributed by atoms with E-state index in [4.69, 9.17) is 9.47 Å². The SMILES string of the molecule is CCNC(=NCCc1cc(F)cc2c1OCOC2)NC1CCN(C(=O)C2CCCC2)C1. The topological polar surface area (TPSA) is 75.2 Å². The van der Waals surface area contributed by atoms with Gasteiger partial charge in [-0.15, -0.1) is 0 Å². The smallest absolute Gasteiger partial charge is 0.225 e. The molecule has 1 saturated carbocycles. The summed E-state index contributed by atoms with van der Waals surface area (Å²) in [4.78, 5) is 19.4. The van der Waals surface area contributed by atoms with E-state index in [0.29, 0.717) is 25.5 Å². The predicted molar refractivity (Wildman–Crippen MR) is 116 cm³/mol. The third kappa shape index (κ3) is 5.47. The molecule has 1 aromatic carbocycles. The summed E-state index contributed by atoms with van der Waals surface area (Å²) < 4.78 is 24.8. The molecule has 1 aromatic rings. The summed E-state index contributed by atoms with van der Waals surface area (Å²) >= 11 is 0. The standard InChI is InChI=1S/C23H33FN4O3/c1-2-25-23(27-20-8-10-28(13-20)22(29)16-5-3-4-6-16)26-9-7-17-11-19(24)12-18-14-30-15-31-21(17)18/h11-12,16,20H,2-10,13-15H2,1H3,(H2,25,26,27). The maximum absolute atomic E-state index is 13.9. The fourth-order valence-corrected chi connectivity index (χ4v) is 4.75. The van der Waals surface area contributed by atoms with E-state index in [1.54, 1.807) is 0 Å². The second kappa shape index (κ2) is 10.3. The average Bonchev–Trinajstić information content (AvgIpc) is 3.46. The lowest BCUT2D eigenvalue weighted by molar-refractivity contribution is -0.134. The Kier molecular flexibility index (Phi) is 7.27. The highest BCUT2D eigenvalue weighted by molar-refractivity contribution is 5.81. The number of fused-ring (bicyclic) bond motifs is 1. The van der Waals surface area contributed by atoms with E-state index in [0.717, 1.165) is 61.7 Å². The first-order valence-corrected chi connectivity index (χ1v) is 11.5. The third-order valence-electron chi connectivity index (χ3n) is 6.29. The molecular formula is C23H33FN4O3. The van der Waals surface area contributed by atoms with Gasteiger partial charge in [0.15, 0.2) is 12.8 Å². The van der Waals surface area contributed by atoms with Crippen LogP contribution in [0.4, 0.5) is 4.39 Å². The molecule has 7 nitrogen and oxygen atoms in total. The van der Waals surface area contributed by atoms with Crippen molar-refractivity contribution in [2.24, 2.45) is 10.9 Å². The molecule has 0 radical (unpaired) electrons. The summed E-state index contributed by atoms with van der Waals surface area (Å²) in [5.74, 6) is 1.72. The van der Waals surface area contributed by atoms with Gasteiger partial charge in [-0.05, 0) is 50.3 Å². The van der Waals surface area contributed by atoms with Crippen LogP contribution in [0.5, 0.6) is 5.75 Å². The van der Waals surface area contributed by atoms with Gasteiger partial charge in [-0.2, -0.15) is 0 Å². The number of aliphatic imine (C=N–C) groups is 1. The Balaban J connectivity index is 1.33. The molecule has 1 aliphatic carbocycles. The number of carbonyl (C=O) groups excluding carboxylic acids is 1. The minimum absolute atomic E-state index is 0.191. The van der Waals surface area contributed by atoms with Crippen LogP contribution in [0, 0.1) is 11.7 Å². The van der Waals surface area contributed by atoms with Crippen molar-refractivity contribution in [3.63, 3.8) is 0 Å². The number of rotatable bonds is 6. The summed E-state index contributed by atoms with van der Waals surface area (Å²) in [6, 6.07) is 3.18. The zero-order valence-corrected chi connectivity index (χ0v) is 18.3. The molecule has 3 aliphatic rings. The highest BCUT2D eigenvalue weighted by Crippen LogP contribution is 2.30. The van der Waals surface area contributed by atoms with E-state index in [9.17, 15) is 9.18 Å². The molecule has 2 fully saturated rings. The predicted octanol–water partition coefficient (Wildman–Crippen LogP) is 2.58. The molecule has 2 heterocycles. The van der Waals surface area contributed by atoms with E-state index in [1.165, 1.54) is 25.0 Å². The Labute approximate surface area is 183 Å². The number of guanidine groups is 1. The van der Waals surface area contributed by atoms with Crippen molar-refractivity contribution in [1.82, 2.24) is 15.5 Å². The van der Waals surface area contributed by atoms with E-state index < -0.39 is 0 Å². The monoisotopic (exact) mass is 432 g/mol. The minimum atomic E-state index is -0.283. The number of hydrogen-bond acceptors (Lipinski definition) is 4. The van der Waals surface area contributed by atoms with Gasteiger partial charge in [0.25, 0.3) is 0 Å². The molecule has 1 saturated heterocycles. The Morgan fingerprint density at radius 2 is 2.13 bits per heavy atom. The normalized spacial score (nSPS) is 21.7. The van der Waals surface area contributed by atoms with Crippen LogP contribution in [0.1, 0.15) is 50.2 Å². The minimum Gasteiger partial charge on any atom is -0.467 e. The highest BCUT2D eigenvalue weighted by Gasteiger charge is 2.32. The number of hydrogen-bond donors (Lipinski definition) is 2. The Hall–Kier alpha value is -2.35. The van der Waals surface area contributed by atoms with Gasteiger partial charge in [0.2, 0.25) is 5.91 Å². The zero-order chi connectivity index (χ0) is 21.6. The maximum atomic E-state index is 13.9. The second-order valence-corrected chi connectivity index (χ2v) is 8.57. The van der Waals surface area contributed by atoms with Crippen molar-refractivity contribution in [2.45, 2.75) is 58.1 Å². The number of ether oxygens (including phenoxy) is 2. The fraction of sp³-hybridized carbons (Fsp3) is 0.652. The van der Waals surface area contributed by atoms with Gasteiger partial charge in [0.1, 0.15) is 11.6 Å². The third-order valence-corrected chi connectivity index (χ3v) is 6.29. The number of carbonyl (C=O) groups is 1. The Bertz CT molecular complexity index is 810. The van der Waals surface area contributed by atoms with Crippen LogP contribution in [0.15, 0.2) is 17.1 Å². The fourth-order valence-electron chi connectivity index (χ4n) is 4.75. The molecule has 0 bridgehead atoms. The van der Waals surface area contributed by atoms with E-state index in [-0.39, 0.29) is 24.6 Å². The second-order valence-electron chi connectivity index (χ2n) is 8.57. The van der Waals surface area contributed by atoms with Crippen LogP contribution in [-0.4, -0.2) is 55.8 Å². The number of benzene rings is 1. The largest absolute Gasteiger partial charge is 0.467 e. The molecule has 1 unspecified atom stereocenters. The Morgan fingerprint density at radius 1 is 1.29 bits per heavy atom. The van der Waals surface area contributed by atoms with Crippen molar-refractivity contribution in [3.8, 4) is 5.75 Å². The molecule has 2 N–H and O–H groups in total. The number of halogens is 1. The molecule has 170 valence electrons. The van der Waals surface area contributed by atoms with E-state index in [2.05, 4.69) is 15.6 Å². The van der Waals surface area contributed by atoms with Crippen LogP contribution in [-0.2, 0) is 22.6 Å². The van der Waals surface area contributed by atoms with Crippen LogP contribution in [0.25, 0.3) is 0 Å². The van der Waals surface area contributed by atoms with Gasteiger partial charge in [0.05, 0.1) is 6.61 Å². The highest BCUT2D eigenvalue weighted by atomic mass is 19.1. The van der Waals surface area contributed by atoms with Gasteiger partial charge in [-0.3, -0.25) is 9.79 Å². The summed E-state index contributed by atoms with van der Waals surface area (Å²) in [6.07, 6.45) is 5.93. The quantitative estimate of drug-likeness (QED) is 0.534. The summed E-state index contributed by atoms with van der Waals surface area (Å²) in [7, 11) is 0. The van der Waals surface area contributed by atoms with Crippen LogP contribution in [0.2, 0.25) is 0 Å². The first-order valence-electron chi connectivity index (χ1n) is 11.5. The zero-order valence-electron chi connectivity index (χ0n) is 18.3. The lowest BCUT2D eigenvalue weighted by Gasteiger charge is -2.22. The molecule has 1 amide bonds. The number of nitrogens with zero attached hydrogens (tertiary/aromatic N) is 2. The lowest BCUT2D eigenvalue weighted by Crippen LogP contribution is -2.45. The molecule has 0 spiro atoms. The molecule has 31 heavy (non-hydrogen) atoms. The summed E-state index contributed by atoms with van der Waals surface area (Å²) in [5.41, 5.74) is 1.56. The van der Waals surface area contributed by atoms with Crippen LogP contribution >= 0.6 is 0 Å². The van der Waals surface area contributed by atoms with Crippen molar-refractivity contribution in [2.75, 3.05) is 33.0 Å². The van der Waals surface area contributed by atoms with E-state index >= 15 is 0 Å². The van der Waals surface area contributed by atoms with Crippen LogP contribution < -0.4 is 15.4 Å². The van der Waals surface area contributed by atoms with E-state index in [1.807, 2.05) is 11.8 Å². The molecule has 2 aliphatic heterocycles. The number of nitrogens with one attached hydrogen (secondary N) is 2. The number of amides is 1. The van der Waals surface area contributed by atoms with Crippen molar-refractivity contribution in [3.05, 3.63) is 29.1 Å². The molecule has 1 atom stereocenters. The molecule has 8 heteroatoms. The van der Waals surface area contributed by atoms with Crippen molar-refractivity contribution < 1.29 is 18.7 Å². The molecule has 0 aromatic heterocycles. The van der Waals surface area contributed by atoms with Gasteiger partial charge < -0.3 is 25.0 Å². The lowest BCUT2D eigenvalue weighted by atomic mass is 10.1. The van der Waals surface area contributed by atoms with Gasteiger partial charge in [0, 0.05) is 43.7 Å². The van der Waals surface area contributed by atoms with Crippen molar-refractivity contribution in [1.29, 1.82) is 0 Å². The van der Waals surface area contributed by atoms with Crippen LogP contribution in [0.3, 0.4) is 0 Å². The average molecular weight is 433 g/mol. The summed E-state index contributed by atoms with van der Waals surface area (Å²) in [6.45, 7) is 5.37. The Morgan fingerprint density at radius 3 is 2.94 bits per heavy atom. The maximum Gasteiger partial charge on any atom is 0.225 e. The first-order chi connectivity index (χ1) is 15.1. The summed E-state index contributed by atoms with van der Waals surface area (Å²) in [5, 5.41) is 6.75. The van der Waals surface area contributed by atoms with Gasteiger partial charge in [-0.1, -0.05) is 12.8 Å². The molecule has 4 rings (SSSR count).